The van der Waals surface area contributed by atoms with Crippen molar-refractivity contribution in [3.63, 3.8) is 0 Å². The van der Waals surface area contributed by atoms with E-state index < -0.39 is 5.82 Å². The summed E-state index contributed by atoms with van der Waals surface area (Å²) in [4.78, 5) is 16.3. The Morgan fingerprint density at radius 3 is 3.09 bits per heavy atom. The van der Waals surface area contributed by atoms with Gasteiger partial charge >= 0.3 is 0 Å². The summed E-state index contributed by atoms with van der Waals surface area (Å²) in [6.07, 6.45) is 2.83. The highest BCUT2D eigenvalue weighted by molar-refractivity contribution is 6.33. The van der Waals surface area contributed by atoms with E-state index in [2.05, 4.69) is 20.5 Å². The summed E-state index contributed by atoms with van der Waals surface area (Å²) in [5.74, 6) is -0.0820. The molecule has 6 nitrogen and oxygen atoms in total. The molecule has 1 amide bonds. The van der Waals surface area contributed by atoms with E-state index in [9.17, 15) is 9.18 Å². The van der Waals surface area contributed by atoms with Crippen molar-refractivity contribution in [2.75, 3.05) is 6.54 Å². The molecular formula is C15H16ClFN4O2. The number of ether oxygens (including phenoxy) is 1. The fraction of sp³-hybridized carbons (Fsp3) is 0.400. The van der Waals surface area contributed by atoms with Crippen LogP contribution in [0.1, 0.15) is 40.7 Å². The van der Waals surface area contributed by atoms with Gasteiger partial charge < -0.3 is 10.1 Å². The lowest BCUT2D eigenvalue weighted by molar-refractivity contribution is 0.0392. The Bertz CT molecular complexity index is 708. The average Bonchev–Trinajstić information content (AvgIpc) is 3.19. The molecule has 2 atom stereocenters. The molecule has 1 aliphatic heterocycles. The molecule has 1 aromatic carbocycles. The third-order valence-corrected chi connectivity index (χ3v) is 4.14. The predicted octanol–water partition coefficient (Wildman–Crippen LogP) is 2.56. The highest BCUT2D eigenvalue weighted by atomic mass is 35.5. The second kappa shape index (κ2) is 6.64. The zero-order chi connectivity index (χ0) is 16.4. The molecule has 0 aliphatic carbocycles. The number of carbonyl (C=O) groups is 1. The van der Waals surface area contributed by atoms with Crippen molar-refractivity contribution in [1.29, 1.82) is 0 Å². The molecule has 1 aliphatic rings. The van der Waals surface area contributed by atoms with E-state index in [1.54, 1.807) is 6.92 Å². The Hall–Kier alpha value is -1.99. The maximum atomic E-state index is 13.4. The van der Waals surface area contributed by atoms with Gasteiger partial charge in [0.15, 0.2) is 5.82 Å². The smallest absolute Gasteiger partial charge is 0.252 e. The van der Waals surface area contributed by atoms with Crippen LogP contribution >= 0.6 is 11.6 Å². The molecule has 0 saturated carbocycles. The van der Waals surface area contributed by atoms with Crippen molar-refractivity contribution < 1.29 is 13.9 Å². The Balaban J connectivity index is 1.57. The molecule has 2 N–H and O–H groups in total. The average molecular weight is 339 g/mol. The zero-order valence-corrected chi connectivity index (χ0v) is 13.2. The third kappa shape index (κ3) is 3.51. The quantitative estimate of drug-likeness (QED) is 0.897. The number of hydrogen-bond donors (Lipinski definition) is 2. The molecule has 1 fully saturated rings. The third-order valence-electron chi connectivity index (χ3n) is 3.83. The van der Waals surface area contributed by atoms with Gasteiger partial charge in [-0.05, 0) is 37.5 Å². The molecule has 2 aromatic rings. The number of amides is 1. The highest BCUT2D eigenvalue weighted by Crippen LogP contribution is 2.30. The normalized spacial score (nSPS) is 20.7. The van der Waals surface area contributed by atoms with Gasteiger partial charge in [0, 0.05) is 6.54 Å². The second-order valence-electron chi connectivity index (χ2n) is 5.49. The zero-order valence-electron chi connectivity index (χ0n) is 12.5. The number of aryl methyl sites for hydroxylation is 1. The molecule has 0 bridgehead atoms. The molecule has 8 heteroatoms. The lowest BCUT2D eigenvalue weighted by atomic mass is 10.1. The van der Waals surface area contributed by atoms with Gasteiger partial charge in [-0.25, -0.2) is 9.37 Å². The number of halogens is 2. The van der Waals surface area contributed by atoms with Crippen molar-refractivity contribution in [1.82, 2.24) is 20.5 Å². The number of aromatic nitrogens is 3. The van der Waals surface area contributed by atoms with Crippen molar-refractivity contribution >= 4 is 17.5 Å². The van der Waals surface area contributed by atoms with Gasteiger partial charge in [-0.1, -0.05) is 11.6 Å². The number of benzene rings is 1. The van der Waals surface area contributed by atoms with E-state index in [0.717, 1.165) is 18.9 Å². The number of rotatable bonds is 4. The van der Waals surface area contributed by atoms with Gasteiger partial charge in [0.1, 0.15) is 18.2 Å². The molecule has 0 spiro atoms. The summed E-state index contributed by atoms with van der Waals surface area (Å²) in [7, 11) is 0. The first-order valence-corrected chi connectivity index (χ1v) is 7.67. The summed E-state index contributed by atoms with van der Waals surface area (Å²) < 4.78 is 19.2. The Morgan fingerprint density at radius 2 is 2.35 bits per heavy atom. The summed E-state index contributed by atoms with van der Waals surface area (Å²) in [6.45, 7) is 1.95. The molecular weight excluding hydrogens is 323 g/mol. The predicted molar refractivity (Wildman–Crippen MR) is 81.7 cm³/mol. The molecule has 3 rings (SSSR count). The summed E-state index contributed by atoms with van der Waals surface area (Å²) in [5, 5.41) is 9.45. The number of nitrogens with one attached hydrogen (secondary N) is 2. The van der Waals surface area contributed by atoms with Crippen LogP contribution in [0.4, 0.5) is 4.39 Å². The van der Waals surface area contributed by atoms with Crippen molar-refractivity contribution in [2.45, 2.75) is 32.0 Å². The van der Waals surface area contributed by atoms with Crippen LogP contribution in [0, 0.1) is 12.7 Å². The SMILES string of the molecule is Cc1cc(C(=O)NC[C@H]2CC[C@@H](c3ncn[nH]3)O2)c(Cl)cc1F. The Kier molecular flexibility index (Phi) is 4.58. The van der Waals surface area contributed by atoms with Crippen LogP contribution < -0.4 is 5.32 Å². The first-order valence-electron chi connectivity index (χ1n) is 7.29. The lowest BCUT2D eigenvalue weighted by Crippen LogP contribution is -2.32. The lowest BCUT2D eigenvalue weighted by Gasteiger charge is -2.14. The van der Waals surface area contributed by atoms with E-state index >= 15 is 0 Å². The number of hydrogen-bond acceptors (Lipinski definition) is 4. The summed E-state index contributed by atoms with van der Waals surface area (Å²) in [6, 6.07) is 2.59. The number of carbonyl (C=O) groups excluding carboxylic acids is 1. The Labute approximate surface area is 137 Å². The van der Waals surface area contributed by atoms with Crippen molar-refractivity contribution in [2.24, 2.45) is 0 Å². The molecule has 23 heavy (non-hydrogen) atoms. The largest absolute Gasteiger partial charge is 0.365 e. The minimum atomic E-state index is -0.430. The van der Waals surface area contributed by atoms with Crippen molar-refractivity contribution in [3.05, 3.63) is 46.3 Å². The molecule has 1 aromatic heterocycles. The van der Waals surface area contributed by atoms with Crippen LogP contribution in [0.5, 0.6) is 0 Å². The first-order chi connectivity index (χ1) is 11.0. The topological polar surface area (TPSA) is 79.9 Å². The fourth-order valence-corrected chi connectivity index (χ4v) is 2.80. The van der Waals surface area contributed by atoms with E-state index in [-0.39, 0.29) is 28.7 Å². The van der Waals surface area contributed by atoms with Crippen LogP contribution in [0.3, 0.4) is 0 Å². The van der Waals surface area contributed by atoms with E-state index in [0.29, 0.717) is 17.9 Å². The van der Waals surface area contributed by atoms with E-state index in [1.165, 1.54) is 12.4 Å². The minimum absolute atomic E-state index is 0.0949. The molecule has 1 saturated heterocycles. The van der Waals surface area contributed by atoms with Crippen LogP contribution in [0.2, 0.25) is 5.02 Å². The number of nitrogens with zero attached hydrogens (tertiary/aromatic N) is 2. The van der Waals surface area contributed by atoms with Crippen LogP contribution in [0.15, 0.2) is 18.5 Å². The summed E-state index contributed by atoms with van der Waals surface area (Å²) >= 11 is 5.93. The van der Waals surface area contributed by atoms with Gasteiger partial charge in [-0.3, -0.25) is 9.89 Å². The van der Waals surface area contributed by atoms with Crippen molar-refractivity contribution in [3.8, 4) is 0 Å². The molecule has 122 valence electrons. The number of H-pyrrole nitrogens is 1. The van der Waals surface area contributed by atoms with E-state index in [1.807, 2.05) is 0 Å². The monoisotopic (exact) mass is 338 g/mol. The molecule has 0 unspecified atom stereocenters. The minimum Gasteiger partial charge on any atom is -0.365 e. The van der Waals surface area contributed by atoms with Gasteiger partial charge in [-0.15, -0.1) is 0 Å². The van der Waals surface area contributed by atoms with Crippen LogP contribution in [-0.4, -0.2) is 33.7 Å². The summed E-state index contributed by atoms with van der Waals surface area (Å²) in [5.41, 5.74) is 0.636. The first kappa shape index (κ1) is 15.9. The maximum absolute atomic E-state index is 13.4. The molecule has 0 radical (unpaired) electrons. The standard InChI is InChI=1S/C15H16ClFN4O2/c1-8-4-10(11(16)5-12(8)17)15(22)18-6-9-2-3-13(23-9)14-19-7-20-21-14/h4-5,7,9,13H,2-3,6H2,1H3,(H,18,22)(H,19,20,21)/t9-,13+/m1/s1. The highest BCUT2D eigenvalue weighted by Gasteiger charge is 2.28. The van der Waals surface area contributed by atoms with Gasteiger partial charge in [0.25, 0.3) is 5.91 Å². The van der Waals surface area contributed by atoms with Crippen LogP contribution in [0.25, 0.3) is 0 Å². The van der Waals surface area contributed by atoms with Gasteiger partial charge in [0.2, 0.25) is 0 Å². The van der Waals surface area contributed by atoms with E-state index in [4.69, 9.17) is 16.3 Å². The number of aromatic amines is 1. The Morgan fingerprint density at radius 1 is 1.52 bits per heavy atom. The van der Waals surface area contributed by atoms with Gasteiger partial charge in [-0.2, -0.15) is 5.10 Å². The second-order valence-corrected chi connectivity index (χ2v) is 5.89. The van der Waals surface area contributed by atoms with Crippen LogP contribution in [-0.2, 0) is 4.74 Å². The maximum Gasteiger partial charge on any atom is 0.252 e. The van der Waals surface area contributed by atoms with Gasteiger partial charge in [0.05, 0.1) is 16.7 Å². The fourth-order valence-electron chi connectivity index (χ4n) is 2.56. The molecule has 2 heterocycles.